The lowest BCUT2D eigenvalue weighted by atomic mass is 9.69. The molecule has 1 fully saturated rings. The van der Waals surface area contributed by atoms with Crippen LogP contribution in [0.3, 0.4) is 0 Å². The summed E-state index contributed by atoms with van der Waals surface area (Å²) in [5, 5.41) is 0. The molecule has 1 saturated carbocycles. The van der Waals surface area contributed by atoms with Crippen LogP contribution in [-0.2, 0) is 5.41 Å². The van der Waals surface area contributed by atoms with E-state index in [1.807, 2.05) is 0 Å². The zero-order valence-electron chi connectivity index (χ0n) is 12.5. The Morgan fingerprint density at radius 2 is 1.35 bits per heavy atom. The smallest absolute Gasteiger partial charge is 0.330 e. The fraction of sp³-hybridized carbons (Fsp3) is 0.625. The summed E-state index contributed by atoms with van der Waals surface area (Å²) in [5.41, 5.74) is 5.46. The van der Waals surface area contributed by atoms with E-state index in [-0.39, 0.29) is 5.41 Å². The summed E-state index contributed by atoms with van der Waals surface area (Å²) in [5.74, 6) is -3.45. The number of nitrogens with two attached hydrogens (primary N) is 1. The second-order valence-electron chi connectivity index (χ2n) is 6.18. The van der Waals surface area contributed by atoms with E-state index in [0.717, 1.165) is 49.8 Å². The Kier molecular flexibility index (Phi) is 4.99. The van der Waals surface area contributed by atoms with Crippen molar-refractivity contribution in [2.24, 2.45) is 5.73 Å². The van der Waals surface area contributed by atoms with Crippen molar-refractivity contribution in [2.45, 2.75) is 55.8 Å². The van der Waals surface area contributed by atoms with Gasteiger partial charge in [-0.25, -0.2) is 0 Å². The SMILES string of the molecule is NCC1(c2ccc(C(C(F)(F)F)C(F)(F)F)cc2)CCCCC1. The first-order valence-corrected chi connectivity index (χ1v) is 7.54. The van der Waals surface area contributed by atoms with Crippen molar-refractivity contribution in [3.05, 3.63) is 35.4 Å². The molecule has 0 aliphatic heterocycles. The zero-order valence-corrected chi connectivity index (χ0v) is 12.5. The molecular weight excluding hydrogens is 320 g/mol. The van der Waals surface area contributed by atoms with Crippen molar-refractivity contribution in [1.82, 2.24) is 0 Å². The first-order chi connectivity index (χ1) is 10.6. The third-order valence-corrected chi connectivity index (χ3v) is 4.71. The molecule has 0 heterocycles. The molecule has 1 aliphatic carbocycles. The van der Waals surface area contributed by atoms with E-state index in [1.165, 1.54) is 12.1 Å². The van der Waals surface area contributed by atoms with Crippen LogP contribution in [0.4, 0.5) is 26.3 Å². The van der Waals surface area contributed by atoms with Gasteiger partial charge in [-0.1, -0.05) is 43.5 Å². The topological polar surface area (TPSA) is 26.0 Å². The number of hydrogen-bond donors (Lipinski definition) is 1. The highest BCUT2D eigenvalue weighted by Gasteiger charge is 2.57. The molecule has 1 aromatic carbocycles. The second kappa shape index (κ2) is 6.34. The number of benzene rings is 1. The lowest BCUT2D eigenvalue weighted by Gasteiger charge is -2.37. The number of halogens is 6. The van der Waals surface area contributed by atoms with E-state index >= 15 is 0 Å². The molecule has 0 aromatic heterocycles. The summed E-state index contributed by atoms with van der Waals surface area (Å²) in [6.07, 6.45) is -6.11. The van der Waals surface area contributed by atoms with Gasteiger partial charge in [-0.15, -0.1) is 0 Å². The molecule has 0 radical (unpaired) electrons. The molecule has 0 unspecified atom stereocenters. The third kappa shape index (κ3) is 3.82. The molecule has 0 spiro atoms. The molecule has 0 saturated heterocycles. The Morgan fingerprint density at radius 3 is 1.74 bits per heavy atom. The maximum atomic E-state index is 12.8. The second-order valence-corrected chi connectivity index (χ2v) is 6.18. The maximum absolute atomic E-state index is 12.8. The van der Waals surface area contributed by atoms with Gasteiger partial charge in [0.1, 0.15) is 0 Å². The highest BCUT2D eigenvalue weighted by molar-refractivity contribution is 5.33. The summed E-state index contributed by atoms with van der Waals surface area (Å²) in [6.45, 7) is 0.342. The molecular formula is C16H19F6N. The minimum Gasteiger partial charge on any atom is -0.330 e. The zero-order chi connectivity index (χ0) is 17.3. The predicted octanol–water partition coefficient (Wildman–Crippen LogP) is 5.06. The summed E-state index contributed by atoms with van der Waals surface area (Å²) < 4.78 is 76.6. The van der Waals surface area contributed by atoms with Crippen LogP contribution in [0.15, 0.2) is 24.3 Å². The van der Waals surface area contributed by atoms with Crippen LogP contribution in [0.2, 0.25) is 0 Å². The lowest BCUT2D eigenvalue weighted by Crippen LogP contribution is -2.37. The van der Waals surface area contributed by atoms with E-state index in [9.17, 15) is 26.3 Å². The first kappa shape index (κ1) is 18.1. The fourth-order valence-electron chi connectivity index (χ4n) is 3.43. The minimum absolute atomic E-state index is 0.331. The van der Waals surface area contributed by atoms with Gasteiger partial charge in [0.25, 0.3) is 0 Å². The van der Waals surface area contributed by atoms with E-state index in [2.05, 4.69) is 0 Å². The monoisotopic (exact) mass is 339 g/mol. The van der Waals surface area contributed by atoms with Crippen molar-refractivity contribution in [3.8, 4) is 0 Å². The normalized spacial score (nSPS) is 19.1. The Morgan fingerprint density at radius 1 is 0.870 bits per heavy atom. The van der Waals surface area contributed by atoms with Gasteiger partial charge in [0.2, 0.25) is 0 Å². The Labute approximate surface area is 130 Å². The third-order valence-electron chi connectivity index (χ3n) is 4.71. The molecule has 0 bridgehead atoms. The molecule has 0 amide bonds. The molecule has 130 valence electrons. The Balaban J connectivity index is 2.34. The summed E-state index contributed by atoms with van der Waals surface area (Å²) >= 11 is 0. The largest absolute Gasteiger partial charge is 0.404 e. The standard InChI is InChI=1S/C16H19F6N/c17-15(18,19)13(16(20,21)22)11-4-6-12(7-5-11)14(10-23)8-2-1-3-9-14/h4-7,13H,1-3,8-10,23H2. The Hall–Kier alpha value is -1.24. The van der Waals surface area contributed by atoms with Crippen LogP contribution in [0.1, 0.15) is 49.1 Å². The summed E-state index contributed by atoms with van der Waals surface area (Å²) in [7, 11) is 0. The van der Waals surface area contributed by atoms with Crippen molar-refractivity contribution in [2.75, 3.05) is 6.54 Å². The van der Waals surface area contributed by atoms with E-state index < -0.39 is 23.8 Å². The quantitative estimate of drug-likeness (QED) is 0.766. The van der Waals surface area contributed by atoms with E-state index in [4.69, 9.17) is 5.73 Å². The van der Waals surface area contributed by atoms with Crippen LogP contribution < -0.4 is 5.73 Å². The highest BCUT2D eigenvalue weighted by Crippen LogP contribution is 2.47. The molecule has 1 nitrogen and oxygen atoms in total. The number of rotatable bonds is 3. The van der Waals surface area contributed by atoms with Gasteiger partial charge in [-0.3, -0.25) is 0 Å². The first-order valence-electron chi connectivity index (χ1n) is 7.54. The number of hydrogen-bond acceptors (Lipinski definition) is 1. The van der Waals surface area contributed by atoms with Crippen LogP contribution >= 0.6 is 0 Å². The van der Waals surface area contributed by atoms with Gasteiger partial charge >= 0.3 is 12.4 Å². The minimum atomic E-state index is -5.36. The van der Waals surface area contributed by atoms with Crippen molar-refractivity contribution in [1.29, 1.82) is 0 Å². The lowest BCUT2D eigenvalue weighted by molar-refractivity contribution is -0.253. The Bertz CT molecular complexity index is 497. The predicted molar refractivity (Wildman–Crippen MR) is 75.1 cm³/mol. The summed E-state index contributed by atoms with van der Waals surface area (Å²) in [4.78, 5) is 0. The average Bonchev–Trinajstić information content (AvgIpc) is 2.46. The van der Waals surface area contributed by atoms with Gasteiger partial charge in [-0.05, 0) is 24.0 Å². The maximum Gasteiger partial charge on any atom is 0.404 e. The highest BCUT2D eigenvalue weighted by atomic mass is 19.4. The van der Waals surface area contributed by atoms with Crippen molar-refractivity contribution < 1.29 is 26.3 Å². The molecule has 0 atom stereocenters. The van der Waals surface area contributed by atoms with E-state index in [1.54, 1.807) is 0 Å². The van der Waals surface area contributed by atoms with E-state index in [0.29, 0.717) is 6.54 Å². The molecule has 23 heavy (non-hydrogen) atoms. The van der Waals surface area contributed by atoms with Crippen LogP contribution in [0.5, 0.6) is 0 Å². The molecule has 2 rings (SSSR count). The molecule has 1 aromatic rings. The van der Waals surface area contributed by atoms with Crippen molar-refractivity contribution in [3.63, 3.8) is 0 Å². The van der Waals surface area contributed by atoms with Gasteiger partial charge in [0.15, 0.2) is 5.92 Å². The van der Waals surface area contributed by atoms with Crippen LogP contribution in [0.25, 0.3) is 0 Å². The van der Waals surface area contributed by atoms with Gasteiger partial charge in [0, 0.05) is 12.0 Å². The van der Waals surface area contributed by atoms with Crippen LogP contribution in [0, 0.1) is 0 Å². The fourth-order valence-corrected chi connectivity index (χ4v) is 3.43. The van der Waals surface area contributed by atoms with Gasteiger partial charge in [-0.2, -0.15) is 26.3 Å². The number of alkyl halides is 6. The summed E-state index contributed by atoms with van der Waals surface area (Å²) in [6, 6.07) is 4.62. The molecule has 7 heteroatoms. The van der Waals surface area contributed by atoms with Crippen LogP contribution in [-0.4, -0.2) is 18.9 Å². The molecule has 1 aliphatic rings. The van der Waals surface area contributed by atoms with Gasteiger partial charge in [0.05, 0.1) is 0 Å². The van der Waals surface area contributed by atoms with Gasteiger partial charge < -0.3 is 5.73 Å². The van der Waals surface area contributed by atoms with Crippen molar-refractivity contribution >= 4 is 0 Å². The molecule has 2 N–H and O–H groups in total. The average molecular weight is 339 g/mol.